The molecule has 2 amide bonds. The molecule has 0 atom stereocenters. The summed E-state index contributed by atoms with van der Waals surface area (Å²) >= 11 is 0. The minimum absolute atomic E-state index is 0.394. The molecule has 1 N–H and O–H groups in total. The van der Waals surface area contributed by atoms with Crippen LogP contribution >= 0.6 is 0 Å². The zero-order valence-corrected chi connectivity index (χ0v) is 10.9. The third kappa shape index (κ3) is 9.66. The van der Waals surface area contributed by atoms with Crippen LogP contribution in [-0.2, 0) is 9.53 Å². The predicted molar refractivity (Wildman–Crippen MR) is 66.3 cm³/mol. The lowest BCUT2D eigenvalue weighted by molar-refractivity contribution is -0.120. The summed E-state index contributed by atoms with van der Waals surface area (Å²) in [4.78, 5) is 21.9. The number of carbonyl (C=O) groups is 2. The minimum Gasteiger partial charge on any atom is -0.448 e. The molecule has 0 aliphatic rings. The van der Waals surface area contributed by atoms with E-state index in [1.54, 1.807) is 0 Å². The van der Waals surface area contributed by atoms with Gasteiger partial charge >= 0.3 is 6.09 Å². The average molecular weight is 244 g/mol. The molecule has 0 saturated carbocycles. The van der Waals surface area contributed by atoms with E-state index < -0.39 is 6.09 Å². The molecule has 0 heterocycles. The molecule has 0 aromatic carbocycles. The van der Waals surface area contributed by atoms with Crippen molar-refractivity contribution in [1.82, 2.24) is 10.4 Å². The first kappa shape index (κ1) is 15.7. The SMILES string of the molecule is CCCCCCN(C=O)NC(=O)OCCCC. The Balaban J connectivity index is 3.64. The number of nitrogens with zero attached hydrogens (tertiary/aromatic N) is 1. The molecule has 0 radical (unpaired) electrons. The van der Waals surface area contributed by atoms with Gasteiger partial charge in [-0.15, -0.1) is 0 Å². The van der Waals surface area contributed by atoms with Crippen molar-refractivity contribution in [1.29, 1.82) is 0 Å². The maximum atomic E-state index is 11.2. The summed E-state index contributed by atoms with van der Waals surface area (Å²) in [6, 6.07) is 0. The number of amides is 2. The molecule has 100 valence electrons. The van der Waals surface area contributed by atoms with Crippen LogP contribution in [0, 0.1) is 0 Å². The molecule has 0 fully saturated rings. The van der Waals surface area contributed by atoms with Crippen LogP contribution < -0.4 is 5.43 Å². The van der Waals surface area contributed by atoms with Gasteiger partial charge in [0.05, 0.1) is 6.61 Å². The summed E-state index contributed by atoms with van der Waals surface area (Å²) in [5.74, 6) is 0. The minimum atomic E-state index is -0.555. The van der Waals surface area contributed by atoms with Gasteiger partial charge in [0.15, 0.2) is 0 Å². The van der Waals surface area contributed by atoms with Gasteiger partial charge in [-0.05, 0) is 12.8 Å². The fourth-order valence-corrected chi connectivity index (χ4v) is 1.30. The van der Waals surface area contributed by atoms with E-state index in [9.17, 15) is 9.59 Å². The van der Waals surface area contributed by atoms with Gasteiger partial charge in [-0.25, -0.2) is 10.2 Å². The fraction of sp³-hybridized carbons (Fsp3) is 0.833. The molecule has 0 bridgehead atoms. The molecular weight excluding hydrogens is 220 g/mol. The summed E-state index contributed by atoms with van der Waals surface area (Å²) in [5.41, 5.74) is 2.41. The van der Waals surface area contributed by atoms with Gasteiger partial charge in [0.25, 0.3) is 0 Å². The van der Waals surface area contributed by atoms with Crippen LogP contribution in [0.3, 0.4) is 0 Å². The van der Waals surface area contributed by atoms with E-state index in [2.05, 4.69) is 12.3 Å². The molecule has 5 heteroatoms. The zero-order chi connectivity index (χ0) is 12.9. The average Bonchev–Trinajstić information content (AvgIpc) is 2.33. The van der Waals surface area contributed by atoms with E-state index in [1.807, 2.05) is 6.92 Å². The zero-order valence-electron chi connectivity index (χ0n) is 10.9. The Morgan fingerprint density at radius 2 is 1.88 bits per heavy atom. The monoisotopic (exact) mass is 244 g/mol. The number of hydrogen-bond acceptors (Lipinski definition) is 3. The second kappa shape index (κ2) is 11.2. The van der Waals surface area contributed by atoms with E-state index >= 15 is 0 Å². The quantitative estimate of drug-likeness (QED) is 0.365. The molecule has 0 unspecified atom stereocenters. The van der Waals surface area contributed by atoms with Crippen LogP contribution in [0.5, 0.6) is 0 Å². The van der Waals surface area contributed by atoms with Crippen molar-refractivity contribution in [2.24, 2.45) is 0 Å². The third-order valence-electron chi connectivity index (χ3n) is 2.35. The van der Waals surface area contributed by atoms with Gasteiger partial charge in [0.2, 0.25) is 6.41 Å². The molecule has 0 aromatic rings. The van der Waals surface area contributed by atoms with Crippen molar-refractivity contribution in [3.63, 3.8) is 0 Å². The molecule has 0 aromatic heterocycles. The van der Waals surface area contributed by atoms with Crippen LogP contribution in [0.15, 0.2) is 0 Å². The van der Waals surface area contributed by atoms with Gasteiger partial charge in [-0.3, -0.25) is 9.80 Å². The van der Waals surface area contributed by atoms with E-state index in [4.69, 9.17) is 4.74 Å². The molecule has 0 aliphatic carbocycles. The highest BCUT2D eigenvalue weighted by Gasteiger charge is 2.07. The number of carbonyl (C=O) groups excluding carboxylic acids is 2. The van der Waals surface area contributed by atoms with Crippen molar-refractivity contribution < 1.29 is 14.3 Å². The smallest absolute Gasteiger partial charge is 0.426 e. The Morgan fingerprint density at radius 3 is 2.47 bits per heavy atom. The predicted octanol–water partition coefficient (Wildman–Crippen LogP) is 2.47. The van der Waals surface area contributed by atoms with Crippen LogP contribution in [0.2, 0.25) is 0 Å². The summed E-state index contributed by atoms with van der Waals surface area (Å²) in [6.45, 7) is 5.07. The highest BCUT2D eigenvalue weighted by Crippen LogP contribution is 1.99. The number of unbranched alkanes of at least 4 members (excludes halogenated alkanes) is 4. The molecule has 0 saturated heterocycles. The van der Waals surface area contributed by atoms with E-state index in [0.29, 0.717) is 19.6 Å². The summed E-state index contributed by atoms with van der Waals surface area (Å²) in [7, 11) is 0. The first-order valence-electron chi connectivity index (χ1n) is 6.39. The Morgan fingerprint density at radius 1 is 1.18 bits per heavy atom. The van der Waals surface area contributed by atoms with Gasteiger partial charge in [-0.2, -0.15) is 0 Å². The lowest BCUT2D eigenvalue weighted by Crippen LogP contribution is -2.42. The highest BCUT2D eigenvalue weighted by molar-refractivity contribution is 5.68. The number of hydrogen-bond donors (Lipinski definition) is 1. The maximum Gasteiger partial charge on any atom is 0.426 e. The molecule has 5 nitrogen and oxygen atoms in total. The number of ether oxygens (including phenoxy) is 1. The lowest BCUT2D eigenvalue weighted by atomic mass is 10.2. The lowest BCUT2D eigenvalue weighted by Gasteiger charge is -2.17. The Kier molecular flexibility index (Phi) is 10.4. The van der Waals surface area contributed by atoms with Crippen molar-refractivity contribution in [3.8, 4) is 0 Å². The van der Waals surface area contributed by atoms with Crippen molar-refractivity contribution in [2.75, 3.05) is 13.2 Å². The van der Waals surface area contributed by atoms with Crippen LogP contribution in [0.1, 0.15) is 52.4 Å². The van der Waals surface area contributed by atoms with Crippen LogP contribution in [0.4, 0.5) is 4.79 Å². The van der Waals surface area contributed by atoms with E-state index in [0.717, 1.165) is 38.5 Å². The number of nitrogens with one attached hydrogen (secondary N) is 1. The van der Waals surface area contributed by atoms with Gasteiger partial charge < -0.3 is 4.74 Å². The Bertz CT molecular complexity index is 210. The summed E-state index contributed by atoms with van der Waals surface area (Å²) < 4.78 is 4.89. The number of hydrazine groups is 1. The second-order valence-electron chi connectivity index (χ2n) is 3.96. The Labute approximate surface area is 103 Å². The third-order valence-corrected chi connectivity index (χ3v) is 2.35. The van der Waals surface area contributed by atoms with Gasteiger partial charge in [0, 0.05) is 6.54 Å². The molecule has 0 rings (SSSR count). The first-order chi connectivity index (χ1) is 8.24. The van der Waals surface area contributed by atoms with E-state index in [-0.39, 0.29) is 0 Å². The summed E-state index contributed by atoms with van der Waals surface area (Å²) in [5, 5.41) is 1.24. The van der Waals surface area contributed by atoms with Crippen molar-refractivity contribution in [2.45, 2.75) is 52.4 Å². The normalized spacial score (nSPS) is 9.76. The Hall–Kier alpha value is -1.26. The molecule has 0 aliphatic heterocycles. The van der Waals surface area contributed by atoms with Gasteiger partial charge in [0.1, 0.15) is 0 Å². The molecular formula is C12H24N2O3. The van der Waals surface area contributed by atoms with Crippen molar-refractivity contribution >= 4 is 12.5 Å². The second-order valence-corrected chi connectivity index (χ2v) is 3.96. The molecule has 0 spiro atoms. The van der Waals surface area contributed by atoms with Crippen LogP contribution in [0.25, 0.3) is 0 Å². The first-order valence-corrected chi connectivity index (χ1v) is 6.39. The fourth-order valence-electron chi connectivity index (χ4n) is 1.30. The maximum absolute atomic E-state index is 11.2. The largest absolute Gasteiger partial charge is 0.448 e. The topological polar surface area (TPSA) is 58.6 Å². The van der Waals surface area contributed by atoms with Crippen molar-refractivity contribution in [3.05, 3.63) is 0 Å². The van der Waals surface area contributed by atoms with Gasteiger partial charge in [-0.1, -0.05) is 39.5 Å². The highest BCUT2D eigenvalue weighted by atomic mass is 16.6. The number of rotatable bonds is 10. The van der Waals surface area contributed by atoms with Crippen LogP contribution in [-0.4, -0.2) is 30.7 Å². The molecule has 17 heavy (non-hydrogen) atoms. The standard InChI is InChI=1S/C12H24N2O3/c1-3-5-7-8-9-14(11-15)13-12(16)17-10-6-4-2/h11H,3-10H2,1-2H3,(H,13,16). The van der Waals surface area contributed by atoms with E-state index in [1.165, 1.54) is 5.01 Å². The summed E-state index contributed by atoms with van der Waals surface area (Å²) in [6.07, 6.45) is 6.12.